The molecule has 0 unspecified atom stereocenters. The Labute approximate surface area is 172 Å². The molecule has 0 aliphatic carbocycles. The van der Waals surface area contributed by atoms with E-state index < -0.39 is 34.4 Å². The fourth-order valence-corrected chi connectivity index (χ4v) is 2.32. The second-order valence-electron chi connectivity index (χ2n) is 7.20. The molecule has 0 spiro atoms. The number of rotatable bonds is 6. The molecule has 2 aromatic rings. The van der Waals surface area contributed by atoms with Crippen LogP contribution < -0.4 is 5.32 Å². The number of hydrogen-bond donors (Lipinski definition) is 1. The Bertz CT molecular complexity index is 964. The fourth-order valence-electron chi connectivity index (χ4n) is 2.14. The van der Waals surface area contributed by atoms with Crippen molar-refractivity contribution in [2.24, 2.45) is 5.41 Å². The first kappa shape index (κ1) is 22.0. The smallest absolute Gasteiger partial charge is 0.338 e. The lowest BCUT2D eigenvalue weighted by molar-refractivity contribution is -0.384. The Hall–Kier alpha value is -3.26. The number of nitrogens with one attached hydrogen (secondary N) is 1. The maximum Gasteiger partial charge on any atom is 0.338 e. The Morgan fingerprint density at radius 2 is 1.66 bits per heavy atom. The van der Waals surface area contributed by atoms with Crippen LogP contribution in [0.3, 0.4) is 0 Å². The molecule has 0 aliphatic heterocycles. The van der Waals surface area contributed by atoms with Gasteiger partial charge in [-0.2, -0.15) is 0 Å². The Morgan fingerprint density at radius 1 is 1.07 bits per heavy atom. The average molecular weight is 419 g/mol. The molecule has 0 bridgehead atoms. The number of benzene rings is 2. The minimum Gasteiger partial charge on any atom is -0.454 e. The molecule has 0 saturated heterocycles. The number of carbonyl (C=O) groups excluding carboxylic acids is 3. The van der Waals surface area contributed by atoms with Crippen molar-refractivity contribution >= 4 is 40.6 Å². The van der Waals surface area contributed by atoms with Crippen LogP contribution in [0.15, 0.2) is 42.5 Å². The van der Waals surface area contributed by atoms with Crippen LogP contribution in [-0.2, 0) is 9.53 Å². The van der Waals surface area contributed by atoms with E-state index in [4.69, 9.17) is 16.3 Å². The van der Waals surface area contributed by atoms with E-state index in [-0.39, 0.29) is 22.1 Å². The molecule has 0 atom stereocenters. The number of hydrogen-bond acceptors (Lipinski definition) is 6. The van der Waals surface area contributed by atoms with Gasteiger partial charge in [-0.15, -0.1) is 0 Å². The predicted octanol–water partition coefficient (Wildman–Crippen LogP) is 4.27. The number of ether oxygens (including phenoxy) is 1. The molecule has 0 aliphatic rings. The number of nitro benzene ring substituents is 1. The molecule has 0 fully saturated rings. The molecule has 1 amide bonds. The number of ketones is 1. The lowest BCUT2D eigenvalue weighted by atomic mass is 9.95. The van der Waals surface area contributed by atoms with Gasteiger partial charge in [-0.1, -0.05) is 32.4 Å². The standard InChI is InChI=1S/C20H19ClN2O6/c1-20(2,3)19(26)22-14-7-4-12(5-8-14)17(24)11-29-18(25)13-6-9-15(21)16(10-13)23(27)28/h4-10H,11H2,1-3H3,(H,22,26). The summed E-state index contributed by atoms with van der Waals surface area (Å²) in [4.78, 5) is 46.4. The van der Waals surface area contributed by atoms with Gasteiger partial charge in [0.25, 0.3) is 5.69 Å². The van der Waals surface area contributed by atoms with Gasteiger partial charge in [0.2, 0.25) is 5.91 Å². The molecule has 0 radical (unpaired) electrons. The van der Waals surface area contributed by atoms with E-state index in [1.165, 1.54) is 24.3 Å². The molecule has 2 aromatic carbocycles. The quantitative estimate of drug-likeness (QED) is 0.324. The summed E-state index contributed by atoms with van der Waals surface area (Å²) in [7, 11) is 0. The second kappa shape index (κ2) is 8.83. The number of halogens is 1. The summed E-state index contributed by atoms with van der Waals surface area (Å²) in [6.07, 6.45) is 0. The second-order valence-corrected chi connectivity index (χ2v) is 7.61. The number of esters is 1. The van der Waals surface area contributed by atoms with Gasteiger partial charge < -0.3 is 10.1 Å². The van der Waals surface area contributed by atoms with Crippen molar-refractivity contribution in [3.63, 3.8) is 0 Å². The molecule has 152 valence electrons. The van der Waals surface area contributed by atoms with Gasteiger partial charge in [0.15, 0.2) is 12.4 Å². The third-order valence-electron chi connectivity index (χ3n) is 3.86. The summed E-state index contributed by atoms with van der Waals surface area (Å²) < 4.78 is 4.93. The first-order chi connectivity index (χ1) is 13.5. The largest absolute Gasteiger partial charge is 0.454 e. The van der Waals surface area contributed by atoms with Gasteiger partial charge in [-0.25, -0.2) is 4.79 Å². The maximum absolute atomic E-state index is 12.2. The summed E-state index contributed by atoms with van der Waals surface area (Å²) in [6.45, 7) is 4.81. The van der Waals surface area contributed by atoms with Gasteiger partial charge in [-0.05, 0) is 36.4 Å². The van der Waals surface area contributed by atoms with Gasteiger partial charge in [0, 0.05) is 22.7 Å². The molecule has 29 heavy (non-hydrogen) atoms. The number of anilines is 1. The number of nitrogens with zero attached hydrogens (tertiary/aromatic N) is 1. The molecule has 1 N–H and O–H groups in total. The monoisotopic (exact) mass is 418 g/mol. The van der Waals surface area contributed by atoms with E-state index in [1.807, 2.05) is 0 Å². The summed E-state index contributed by atoms with van der Waals surface area (Å²) in [5.74, 6) is -1.51. The first-order valence-electron chi connectivity index (χ1n) is 8.55. The van der Waals surface area contributed by atoms with E-state index in [9.17, 15) is 24.5 Å². The van der Waals surface area contributed by atoms with Crippen molar-refractivity contribution in [2.75, 3.05) is 11.9 Å². The van der Waals surface area contributed by atoms with Crippen LogP contribution in [0.25, 0.3) is 0 Å². The SMILES string of the molecule is CC(C)(C)C(=O)Nc1ccc(C(=O)COC(=O)c2ccc(Cl)c([N+](=O)[O-])c2)cc1. The molecular weight excluding hydrogens is 400 g/mol. The van der Waals surface area contributed by atoms with Gasteiger partial charge >= 0.3 is 5.97 Å². The van der Waals surface area contributed by atoms with Crippen molar-refractivity contribution in [3.05, 3.63) is 68.7 Å². The third kappa shape index (κ3) is 5.86. The number of carbonyl (C=O) groups is 3. The Kier molecular flexibility index (Phi) is 6.71. The van der Waals surface area contributed by atoms with Gasteiger partial charge in [-0.3, -0.25) is 19.7 Å². The van der Waals surface area contributed by atoms with Crippen molar-refractivity contribution < 1.29 is 24.0 Å². The van der Waals surface area contributed by atoms with Crippen molar-refractivity contribution in [2.45, 2.75) is 20.8 Å². The normalized spacial score (nSPS) is 10.9. The van der Waals surface area contributed by atoms with Crippen LogP contribution in [0.1, 0.15) is 41.5 Å². The summed E-state index contributed by atoms with van der Waals surface area (Å²) in [5, 5.41) is 13.5. The zero-order chi connectivity index (χ0) is 21.8. The van der Waals surface area contributed by atoms with Crippen molar-refractivity contribution in [1.82, 2.24) is 0 Å². The van der Waals surface area contributed by atoms with Gasteiger partial charge in [0.1, 0.15) is 5.02 Å². The molecular formula is C20H19ClN2O6. The summed E-state index contributed by atoms with van der Waals surface area (Å²) in [5.41, 5.74) is -0.255. The minimum atomic E-state index is -0.882. The highest BCUT2D eigenvalue weighted by Gasteiger charge is 2.21. The van der Waals surface area contributed by atoms with Gasteiger partial charge in [0.05, 0.1) is 10.5 Å². The predicted molar refractivity (Wildman–Crippen MR) is 107 cm³/mol. The van der Waals surface area contributed by atoms with E-state index in [1.54, 1.807) is 32.9 Å². The minimum absolute atomic E-state index is 0.0888. The number of amides is 1. The zero-order valence-corrected chi connectivity index (χ0v) is 16.8. The van der Waals surface area contributed by atoms with E-state index in [0.717, 1.165) is 6.07 Å². The summed E-state index contributed by atoms with van der Waals surface area (Å²) in [6, 6.07) is 9.62. The van der Waals surface area contributed by atoms with Crippen LogP contribution in [0.5, 0.6) is 0 Å². The lowest BCUT2D eigenvalue weighted by Gasteiger charge is -2.17. The number of Topliss-reactive ketones (excluding diaryl/α,β-unsaturated/α-hetero) is 1. The number of nitro groups is 1. The van der Waals surface area contributed by atoms with Crippen LogP contribution in [0, 0.1) is 15.5 Å². The van der Waals surface area contributed by atoms with E-state index in [2.05, 4.69) is 5.32 Å². The van der Waals surface area contributed by atoms with Crippen molar-refractivity contribution in [3.8, 4) is 0 Å². The Balaban J connectivity index is 1.99. The first-order valence-corrected chi connectivity index (χ1v) is 8.92. The van der Waals surface area contributed by atoms with Crippen molar-refractivity contribution in [1.29, 1.82) is 0 Å². The highest BCUT2D eigenvalue weighted by Crippen LogP contribution is 2.25. The zero-order valence-electron chi connectivity index (χ0n) is 16.0. The molecule has 0 aromatic heterocycles. The molecule has 0 saturated carbocycles. The highest BCUT2D eigenvalue weighted by atomic mass is 35.5. The summed E-state index contributed by atoms with van der Waals surface area (Å²) >= 11 is 5.70. The van der Waals surface area contributed by atoms with Crippen LogP contribution in [0.4, 0.5) is 11.4 Å². The van der Waals surface area contributed by atoms with Crippen LogP contribution >= 0.6 is 11.6 Å². The molecule has 8 nitrogen and oxygen atoms in total. The topological polar surface area (TPSA) is 116 Å². The molecule has 2 rings (SSSR count). The fraction of sp³-hybridized carbons (Fsp3) is 0.250. The van der Waals surface area contributed by atoms with E-state index >= 15 is 0 Å². The molecule has 0 heterocycles. The molecule has 9 heteroatoms. The maximum atomic E-state index is 12.2. The van der Waals surface area contributed by atoms with E-state index in [0.29, 0.717) is 5.69 Å². The Morgan fingerprint density at radius 3 is 2.21 bits per heavy atom. The van der Waals surface area contributed by atoms with Crippen LogP contribution in [-0.4, -0.2) is 29.2 Å². The average Bonchev–Trinajstić information content (AvgIpc) is 2.65. The highest BCUT2D eigenvalue weighted by molar-refractivity contribution is 6.32. The van der Waals surface area contributed by atoms with Crippen LogP contribution in [0.2, 0.25) is 5.02 Å². The lowest BCUT2D eigenvalue weighted by Crippen LogP contribution is -2.27. The third-order valence-corrected chi connectivity index (χ3v) is 4.18.